The third-order valence-electron chi connectivity index (χ3n) is 1.59. The van der Waals surface area contributed by atoms with E-state index < -0.39 is 0 Å². The number of nitrogens with zero attached hydrogens (tertiary/aromatic N) is 2. The van der Waals surface area contributed by atoms with Crippen molar-refractivity contribution >= 4 is 29.1 Å². The molecule has 6 heteroatoms. The molecular weight excluding hydrogens is 220 g/mol. The number of aromatic amines is 1. The molecule has 1 heterocycles. The van der Waals surface area contributed by atoms with Crippen molar-refractivity contribution in [3.05, 3.63) is 29.5 Å². The quantitative estimate of drug-likeness (QED) is 0.771. The van der Waals surface area contributed by atoms with Crippen molar-refractivity contribution in [3.8, 4) is 0 Å². The summed E-state index contributed by atoms with van der Waals surface area (Å²) in [6, 6.07) is 5.39. The Morgan fingerprint density at radius 1 is 1.43 bits per heavy atom. The van der Waals surface area contributed by atoms with Gasteiger partial charge in [0.05, 0.1) is 9.92 Å². The fraction of sp³-hybridized carbons (Fsp3) is 0. The molecule has 0 atom stereocenters. The molecule has 0 bridgehead atoms. The van der Waals surface area contributed by atoms with Crippen LogP contribution < -0.4 is 5.73 Å². The molecule has 0 saturated heterocycles. The van der Waals surface area contributed by atoms with Gasteiger partial charge in [0.15, 0.2) is 5.16 Å². The Kier molecular flexibility index (Phi) is 2.60. The van der Waals surface area contributed by atoms with E-state index in [9.17, 15) is 0 Å². The maximum absolute atomic E-state index is 5.98. The molecule has 72 valence electrons. The minimum Gasteiger partial charge on any atom is -0.398 e. The number of hydrogen-bond acceptors (Lipinski definition) is 4. The van der Waals surface area contributed by atoms with Gasteiger partial charge in [0.2, 0.25) is 0 Å². The number of nitrogen functional groups attached to an aromatic ring is 1. The lowest BCUT2D eigenvalue weighted by atomic mass is 10.3. The number of nitrogens with one attached hydrogen (secondary N) is 1. The summed E-state index contributed by atoms with van der Waals surface area (Å²) in [5, 5.41) is 7.75. The van der Waals surface area contributed by atoms with E-state index in [1.54, 1.807) is 12.1 Å². The number of anilines is 1. The molecule has 0 aliphatic rings. The molecule has 4 nitrogen and oxygen atoms in total. The van der Waals surface area contributed by atoms with E-state index in [0.717, 1.165) is 4.90 Å². The van der Waals surface area contributed by atoms with Gasteiger partial charge in [-0.3, -0.25) is 5.10 Å². The molecule has 0 aliphatic carbocycles. The van der Waals surface area contributed by atoms with Gasteiger partial charge in [-0.2, -0.15) is 5.10 Å². The lowest BCUT2D eigenvalue weighted by molar-refractivity contribution is 0.973. The molecule has 1 aromatic carbocycles. The first-order chi connectivity index (χ1) is 6.77. The molecule has 0 fully saturated rings. The lowest BCUT2D eigenvalue weighted by Crippen LogP contribution is -1.89. The van der Waals surface area contributed by atoms with Gasteiger partial charge >= 0.3 is 0 Å². The number of rotatable bonds is 2. The van der Waals surface area contributed by atoms with Gasteiger partial charge in [-0.15, -0.1) is 0 Å². The van der Waals surface area contributed by atoms with Crippen LogP contribution in [0.4, 0.5) is 5.69 Å². The maximum Gasteiger partial charge on any atom is 0.188 e. The largest absolute Gasteiger partial charge is 0.398 e. The minimum atomic E-state index is 0.617. The zero-order chi connectivity index (χ0) is 9.97. The van der Waals surface area contributed by atoms with Crippen LogP contribution >= 0.6 is 23.4 Å². The summed E-state index contributed by atoms with van der Waals surface area (Å²) in [4.78, 5) is 4.77. The summed E-state index contributed by atoms with van der Waals surface area (Å²) >= 11 is 7.34. The molecule has 1 aromatic heterocycles. The van der Waals surface area contributed by atoms with E-state index in [1.165, 1.54) is 18.1 Å². The average Bonchev–Trinajstić information content (AvgIpc) is 2.64. The van der Waals surface area contributed by atoms with Gasteiger partial charge in [0, 0.05) is 5.69 Å². The van der Waals surface area contributed by atoms with Gasteiger partial charge in [0.1, 0.15) is 6.33 Å². The molecule has 2 aromatic rings. The van der Waals surface area contributed by atoms with E-state index >= 15 is 0 Å². The summed E-state index contributed by atoms with van der Waals surface area (Å²) in [6.45, 7) is 0. The molecule has 0 amide bonds. The fourth-order valence-corrected chi connectivity index (χ4v) is 2.01. The van der Waals surface area contributed by atoms with Crippen molar-refractivity contribution < 1.29 is 0 Å². The number of halogens is 1. The molecular formula is C8H7ClN4S. The molecule has 3 N–H and O–H groups in total. The van der Waals surface area contributed by atoms with E-state index in [2.05, 4.69) is 15.2 Å². The predicted molar refractivity (Wildman–Crippen MR) is 56.4 cm³/mol. The van der Waals surface area contributed by atoms with Crippen LogP contribution in [0.15, 0.2) is 34.6 Å². The highest BCUT2D eigenvalue weighted by atomic mass is 35.5. The molecule has 0 spiro atoms. The van der Waals surface area contributed by atoms with Gasteiger partial charge in [0.25, 0.3) is 0 Å². The van der Waals surface area contributed by atoms with Crippen LogP contribution in [0.2, 0.25) is 5.02 Å². The van der Waals surface area contributed by atoms with E-state index in [-0.39, 0.29) is 0 Å². The summed E-state index contributed by atoms with van der Waals surface area (Å²) in [5.74, 6) is 0. The highest BCUT2D eigenvalue weighted by molar-refractivity contribution is 7.99. The summed E-state index contributed by atoms with van der Waals surface area (Å²) < 4.78 is 0. The first kappa shape index (κ1) is 9.36. The van der Waals surface area contributed by atoms with Gasteiger partial charge in [-0.25, -0.2) is 4.98 Å². The molecule has 0 unspecified atom stereocenters. The standard InChI is InChI=1S/C8H7ClN4S/c9-5-2-1-3-6(10)7(5)14-8-11-4-12-13-8/h1-4H,10H2,(H,11,12,13). The summed E-state index contributed by atoms with van der Waals surface area (Å²) in [7, 11) is 0. The second kappa shape index (κ2) is 3.89. The van der Waals surface area contributed by atoms with Crippen LogP contribution in [-0.4, -0.2) is 15.2 Å². The highest BCUT2D eigenvalue weighted by Gasteiger charge is 2.07. The van der Waals surface area contributed by atoms with E-state index in [4.69, 9.17) is 17.3 Å². The monoisotopic (exact) mass is 226 g/mol. The zero-order valence-electron chi connectivity index (χ0n) is 7.07. The van der Waals surface area contributed by atoms with Crippen molar-refractivity contribution in [2.75, 3.05) is 5.73 Å². The summed E-state index contributed by atoms with van der Waals surface area (Å²) in [5.41, 5.74) is 6.41. The van der Waals surface area contributed by atoms with Crippen LogP contribution in [0.25, 0.3) is 0 Å². The van der Waals surface area contributed by atoms with Crippen molar-refractivity contribution in [1.82, 2.24) is 15.2 Å². The molecule has 14 heavy (non-hydrogen) atoms. The van der Waals surface area contributed by atoms with Crippen molar-refractivity contribution in [1.29, 1.82) is 0 Å². The first-order valence-corrected chi connectivity index (χ1v) is 5.04. The van der Waals surface area contributed by atoms with Gasteiger partial charge < -0.3 is 5.73 Å². The van der Waals surface area contributed by atoms with Crippen molar-refractivity contribution in [2.24, 2.45) is 0 Å². The van der Waals surface area contributed by atoms with Crippen LogP contribution in [0.3, 0.4) is 0 Å². The Morgan fingerprint density at radius 3 is 2.93 bits per heavy atom. The zero-order valence-corrected chi connectivity index (χ0v) is 8.64. The van der Waals surface area contributed by atoms with Crippen LogP contribution in [0, 0.1) is 0 Å². The number of nitrogens with two attached hydrogens (primary N) is 1. The Hall–Kier alpha value is -1.20. The SMILES string of the molecule is Nc1cccc(Cl)c1Sc1ncn[nH]1. The Bertz CT molecular complexity index is 409. The lowest BCUT2D eigenvalue weighted by Gasteiger charge is -2.04. The molecule has 0 aliphatic heterocycles. The van der Waals surface area contributed by atoms with Crippen molar-refractivity contribution in [3.63, 3.8) is 0 Å². The number of aromatic nitrogens is 3. The second-order valence-corrected chi connectivity index (χ2v) is 3.96. The summed E-state index contributed by atoms with van der Waals surface area (Å²) in [6.07, 6.45) is 1.44. The average molecular weight is 227 g/mol. The molecule has 0 radical (unpaired) electrons. The van der Waals surface area contributed by atoms with Crippen LogP contribution in [0.5, 0.6) is 0 Å². The highest BCUT2D eigenvalue weighted by Crippen LogP contribution is 2.35. The molecule has 0 saturated carbocycles. The Labute approximate surface area is 89.9 Å². The number of hydrogen-bond donors (Lipinski definition) is 2. The number of benzene rings is 1. The number of H-pyrrole nitrogens is 1. The minimum absolute atomic E-state index is 0.617. The predicted octanol–water partition coefficient (Wildman–Crippen LogP) is 2.19. The van der Waals surface area contributed by atoms with Crippen LogP contribution in [0.1, 0.15) is 0 Å². The maximum atomic E-state index is 5.98. The first-order valence-electron chi connectivity index (χ1n) is 3.84. The second-order valence-electron chi connectivity index (χ2n) is 2.55. The van der Waals surface area contributed by atoms with Crippen molar-refractivity contribution in [2.45, 2.75) is 10.1 Å². The topological polar surface area (TPSA) is 67.6 Å². The van der Waals surface area contributed by atoms with Gasteiger partial charge in [-0.05, 0) is 23.9 Å². The fourth-order valence-electron chi connectivity index (χ4n) is 0.973. The third kappa shape index (κ3) is 1.83. The normalized spacial score (nSPS) is 10.4. The smallest absolute Gasteiger partial charge is 0.188 e. The van der Waals surface area contributed by atoms with Crippen LogP contribution in [-0.2, 0) is 0 Å². The Morgan fingerprint density at radius 2 is 2.29 bits per heavy atom. The van der Waals surface area contributed by atoms with Gasteiger partial charge in [-0.1, -0.05) is 17.7 Å². The third-order valence-corrected chi connectivity index (χ3v) is 3.07. The van der Waals surface area contributed by atoms with E-state index in [1.807, 2.05) is 6.07 Å². The molecule has 2 rings (SSSR count). The Balaban J connectivity index is 2.33. The van der Waals surface area contributed by atoms with E-state index in [0.29, 0.717) is 15.9 Å².